The third kappa shape index (κ3) is 6.41. The molecule has 3 aromatic rings. The number of guanidine groups is 1. The van der Waals surface area contributed by atoms with Crippen molar-refractivity contribution in [3.05, 3.63) is 78.4 Å². The number of aliphatic imine (C=N–C) groups is 1. The molecule has 1 aromatic heterocycles. The molecule has 0 saturated heterocycles. The highest BCUT2D eigenvalue weighted by atomic mass is 127. The van der Waals surface area contributed by atoms with E-state index >= 15 is 0 Å². The van der Waals surface area contributed by atoms with Crippen molar-refractivity contribution in [2.45, 2.75) is 19.6 Å². The number of para-hydroxylation sites is 1. The molecule has 0 aliphatic carbocycles. The topological polar surface area (TPSA) is 63.5 Å². The van der Waals surface area contributed by atoms with Crippen molar-refractivity contribution in [3.63, 3.8) is 0 Å². The molecule has 2 N–H and O–H groups in total. The van der Waals surface area contributed by atoms with Crippen molar-refractivity contribution in [3.8, 4) is 11.4 Å². The van der Waals surface area contributed by atoms with E-state index in [0.717, 1.165) is 5.56 Å². The van der Waals surface area contributed by atoms with E-state index in [9.17, 15) is 8.78 Å². The van der Waals surface area contributed by atoms with Gasteiger partial charge in [0.1, 0.15) is 11.9 Å². The zero-order valence-corrected chi connectivity index (χ0v) is 19.0. The number of aromatic nitrogens is 2. The molecule has 6 nitrogen and oxygen atoms in total. The zero-order chi connectivity index (χ0) is 20.6. The number of halogens is 3. The van der Waals surface area contributed by atoms with Crippen LogP contribution < -0.4 is 15.4 Å². The van der Waals surface area contributed by atoms with Gasteiger partial charge in [0.15, 0.2) is 17.5 Å². The number of hydrogen-bond donors (Lipinski definition) is 2. The summed E-state index contributed by atoms with van der Waals surface area (Å²) in [6, 6.07) is 11.3. The fourth-order valence-corrected chi connectivity index (χ4v) is 2.72. The van der Waals surface area contributed by atoms with Gasteiger partial charge < -0.3 is 19.9 Å². The van der Waals surface area contributed by atoms with Crippen molar-refractivity contribution in [2.75, 3.05) is 13.6 Å². The van der Waals surface area contributed by atoms with E-state index in [1.165, 1.54) is 12.1 Å². The van der Waals surface area contributed by atoms with E-state index < -0.39 is 5.82 Å². The fraction of sp³-hybridized carbons (Fsp3) is 0.238. The first kappa shape index (κ1) is 23.6. The van der Waals surface area contributed by atoms with Crippen molar-refractivity contribution in [2.24, 2.45) is 4.99 Å². The molecule has 0 aliphatic heterocycles. The second-order valence-electron chi connectivity index (χ2n) is 6.42. The monoisotopic (exact) mass is 527 g/mol. The zero-order valence-electron chi connectivity index (χ0n) is 16.7. The van der Waals surface area contributed by atoms with Gasteiger partial charge in [-0.1, -0.05) is 18.2 Å². The number of imidazole rings is 1. The van der Waals surface area contributed by atoms with Gasteiger partial charge in [-0.3, -0.25) is 4.99 Å². The minimum atomic E-state index is -0.400. The van der Waals surface area contributed by atoms with Gasteiger partial charge in [0.25, 0.3) is 0 Å². The van der Waals surface area contributed by atoms with Crippen LogP contribution in [0.3, 0.4) is 0 Å². The summed E-state index contributed by atoms with van der Waals surface area (Å²) in [4.78, 5) is 8.07. The number of nitrogens with one attached hydrogen (secondary N) is 2. The molecule has 2 aromatic carbocycles. The molecule has 160 valence electrons. The highest BCUT2D eigenvalue weighted by Crippen LogP contribution is 2.17. The summed E-state index contributed by atoms with van der Waals surface area (Å²) in [7, 11) is 1.64. The lowest BCUT2D eigenvalue weighted by Crippen LogP contribution is -2.41. The van der Waals surface area contributed by atoms with Crippen LogP contribution in [0.5, 0.6) is 5.75 Å². The lowest BCUT2D eigenvalue weighted by Gasteiger charge is -2.18. The van der Waals surface area contributed by atoms with Crippen LogP contribution in [0.2, 0.25) is 0 Å². The minimum absolute atomic E-state index is 0. The van der Waals surface area contributed by atoms with Crippen molar-refractivity contribution in [1.29, 1.82) is 0 Å². The maximum absolute atomic E-state index is 14.3. The van der Waals surface area contributed by atoms with Crippen LogP contribution in [0.1, 0.15) is 12.5 Å². The Hall–Kier alpha value is -2.69. The van der Waals surface area contributed by atoms with E-state index in [1.807, 2.05) is 13.0 Å². The van der Waals surface area contributed by atoms with E-state index in [2.05, 4.69) is 20.6 Å². The first-order valence-corrected chi connectivity index (χ1v) is 9.19. The first-order valence-electron chi connectivity index (χ1n) is 9.19. The van der Waals surface area contributed by atoms with Gasteiger partial charge in [-0.15, -0.1) is 24.0 Å². The summed E-state index contributed by atoms with van der Waals surface area (Å²) in [6.45, 7) is 2.64. The Kier molecular flexibility index (Phi) is 9.03. The highest BCUT2D eigenvalue weighted by Gasteiger charge is 2.10. The van der Waals surface area contributed by atoms with Gasteiger partial charge in [0.2, 0.25) is 0 Å². The maximum atomic E-state index is 14.3. The molecule has 0 amide bonds. The van der Waals surface area contributed by atoms with Gasteiger partial charge in [-0.2, -0.15) is 0 Å². The molecule has 30 heavy (non-hydrogen) atoms. The molecule has 0 spiro atoms. The molecule has 1 heterocycles. The molecule has 9 heteroatoms. The standard InChI is InChI=1S/C21H23F2N5O.HI/c1-15(29-20-6-4-3-5-17(20)22)12-26-21(24-2)27-13-16-7-8-19(18(23)11-16)28-10-9-25-14-28;/h3-11,14-15H,12-13H2,1-2H3,(H2,24,26,27);1H. The third-order valence-corrected chi connectivity index (χ3v) is 4.20. The summed E-state index contributed by atoms with van der Waals surface area (Å²) in [5, 5.41) is 6.23. The summed E-state index contributed by atoms with van der Waals surface area (Å²) in [5.74, 6) is 0.00598. The fourth-order valence-electron chi connectivity index (χ4n) is 2.72. The Bertz CT molecular complexity index is 966. The lowest BCUT2D eigenvalue weighted by atomic mass is 10.2. The predicted molar refractivity (Wildman–Crippen MR) is 124 cm³/mol. The van der Waals surface area contributed by atoms with E-state index in [-0.39, 0.29) is 41.6 Å². The molecule has 0 bridgehead atoms. The Labute approximate surface area is 191 Å². The lowest BCUT2D eigenvalue weighted by molar-refractivity contribution is 0.214. The Morgan fingerprint density at radius 2 is 1.97 bits per heavy atom. The van der Waals surface area contributed by atoms with Crippen LogP contribution in [0.25, 0.3) is 5.69 Å². The average molecular weight is 527 g/mol. The summed E-state index contributed by atoms with van der Waals surface area (Å²) in [5.41, 5.74) is 1.21. The normalized spacial score (nSPS) is 12.1. The van der Waals surface area contributed by atoms with Crippen LogP contribution in [-0.4, -0.2) is 35.2 Å². The highest BCUT2D eigenvalue weighted by molar-refractivity contribution is 14.0. The number of hydrogen-bond acceptors (Lipinski definition) is 3. The summed E-state index contributed by atoms with van der Waals surface area (Å²) >= 11 is 0. The van der Waals surface area contributed by atoms with Gasteiger partial charge >= 0.3 is 0 Å². The maximum Gasteiger partial charge on any atom is 0.191 e. The second-order valence-corrected chi connectivity index (χ2v) is 6.42. The van der Waals surface area contributed by atoms with Gasteiger partial charge in [-0.05, 0) is 36.8 Å². The van der Waals surface area contributed by atoms with Crippen molar-refractivity contribution in [1.82, 2.24) is 20.2 Å². The largest absolute Gasteiger partial charge is 0.486 e. The summed E-state index contributed by atoms with van der Waals surface area (Å²) in [6.07, 6.45) is 4.55. The summed E-state index contributed by atoms with van der Waals surface area (Å²) < 4.78 is 35.2. The van der Waals surface area contributed by atoms with Gasteiger partial charge in [0, 0.05) is 26.0 Å². The third-order valence-electron chi connectivity index (χ3n) is 4.20. The average Bonchev–Trinajstić information content (AvgIpc) is 3.24. The molecule has 0 radical (unpaired) electrons. The van der Waals surface area contributed by atoms with E-state index in [4.69, 9.17) is 4.74 Å². The minimum Gasteiger partial charge on any atom is -0.486 e. The van der Waals surface area contributed by atoms with Crippen LogP contribution in [0.4, 0.5) is 8.78 Å². The SMILES string of the molecule is CN=C(NCc1ccc(-n2ccnc2)c(F)c1)NCC(C)Oc1ccccc1F.I. The van der Waals surface area contributed by atoms with Gasteiger partial charge in [-0.25, -0.2) is 13.8 Å². The number of nitrogens with zero attached hydrogens (tertiary/aromatic N) is 3. The van der Waals surface area contributed by atoms with Crippen molar-refractivity contribution < 1.29 is 13.5 Å². The molecule has 0 saturated carbocycles. The van der Waals surface area contributed by atoms with E-state index in [1.54, 1.807) is 54.6 Å². The number of rotatable bonds is 7. The molecule has 1 unspecified atom stereocenters. The second kappa shape index (κ2) is 11.5. The Morgan fingerprint density at radius 3 is 2.63 bits per heavy atom. The predicted octanol–water partition coefficient (Wildman–Crippen LogP) is 3.90. The number of ether oxygens (including phenoxy) is 1. The Morgan fingerprint density at radius 1 is 1.17 bits per heavy atom. The molecule has 0 aliphatic rings. The molecule has 1 atom stereocenters. The molecular formula is C21H24F2IN5O. The molecule has 0 fully saturated rings. The quantitative estimate of drug-likeness (QED) is 0.278. The van der Waals surface area contributed by atoms with Gasteiger partial charge in [0.05, 0.1) is 18.6 Å². The van der Waals surface area contributed by atoms with Crippen LogP contribution in [0, 0.1) is 11.6 Å². The van der Waals surface area contributed by atoms with E-state index in [0.29, 0.717) is 24.7 Å². The molecular weight excluding hydrogens is 503 g/mol. The van der Waals surface area contributed by atoms with Crippen LogP contribution >= 0.6 is 24.0 Å². The molecule has 3 rings (SSSR count). The first-order chi connectivity index (χ1) is 14.1. The Balaban J connectivity index is 0.00000320. The van der Waals surface area contributed by atoms with Crippen molar-refractivity contribution >= 4 is 29.9 Å². The number of benzene rings is 2. The van der Waals surface area contributed by atoms with Crippen LogP contribution in [-0.2, 0) is 6.54 Å². The smallest absolute Gasteiger partial charge is 0.191 e. The van der Waals surface area contributed by atoms with Crippen LogP contribution in [0.15, 0.2) is 66.2 Å².